The molecule has 1 atom stereocenters. The summed E-state index contributed by atoms with van der Waals surface area (Å²) < 4.78 is 5.34. The van der Waals surface area contributed by atoms with Crippen molar-refractivity contribution in [3.05, 3.63) is 77.3 Å². The average Bonchev–Trinajstić information content (AvgIpc) is 3.22. The first kappa shape index (κ1) is 19.6. The van der Waals surface area contributed by atoms with E-state index in [4.69, 9.17) is 21.6 Å². The molecule has 1 unspecified atom stereocenters. The predicted molar refractivity (Wildman–Crippen MR) is 118 cm³/mol. The summed E-state index contributed by atoms with van der Waals surface area (Å²) in [4.78, 5) is 23.3. The number of carbonyl (C=O) groups excluding carboxylic acids is 1. The molecule has 148 valence electrons. The van der Waals surface area contributed by atoms with E-state index in [1.807, 2.05) is 12.3 Å². The Morgan fingerprint density at radius 3 is 2.67 bits per heavy atom. The molecule has 0 bridgehead atoms. The number of quaternary nitrogens is 1. The maximum atomic E-state index is 13.1. The first-order chi connectivity index (χ1) is 14.5. The number of nitrogens with zero attached hydrogens (tertiary/aromatic N) is 5. The van der Waals surface area contributed by atoms with Crippen molar-refractivity contribution < 1.29 is 9.53 Å². The van der Waals surface area contributed by atoms with E-state index in [-0.39, 0.29) is 16.1 Å². The lowest BCUT2D eigenvalue weighted by Gasteiger charge is -2.29. The Kier molecular flexibility index (Phi) is 4.96. The maximum absolute atomic E-state index is 13.1. The molecule has 0 saturated carbocycles. The predicted octanol–water partition coefficient (Wildman–Crippen LogP) is 4.00. The molecule has 0 saturated heterocycles. The fraction of sp³-hybridized carbons (Fsp3) is 0.0909. The van der Waals surface area contributed by atoms with Crippen LogP contribution in [0.1, 0.15) is 5.56 Å². The Morgan fingerprint density at radius 1 is 1.23 bits per heavy atom. The van der Waals surface area contributed by atoms with E-state index in [2.05, 4.69) is 16.1 Å². The molecule has 0 fully saturated rings. The molecule has 0 radical (unpaired) electrons. The number of nitriles is 1. The van der Waals surface area contributed by atoms with Crippen LogP contribution in [0.3, 0.4) is 0 Å². The van der Waals surface area contributed by atoms with Crippen LogP contribution < -0.4 is 14.1 Å². The molecule has 30 heavy (non-hydrogen) atoms. The van der Waals surface area contributed by atoms with Gasteiger partial charge in [0.1, 0.15) is 30.1 Å². The van der Waals surface area contributed by atoms with Crippen LogP contribution in [-0.2, 0) is 4.79 Å². The van der Waals surface area contributed by atoms with Crippen molar-refractivity contribution >= 4 is 40.9 Å². The Balaban J connectivity index is 1.71. The maximum Gasteiger partial charge on any atom is 0.282 e. The second-order valence-electron chi connectivity index (χ2n) is 6.68. The standard InChI is InChI=1S/C22H17ClN5O2/c1-27(16-5-3-15(12-24)4-6-16)22(29)19-14-28(10-9-25-21(28)13-26-19)17-7-8-20(30-2)18(23)11-17/h3-11,13-14H,1-2H3/q+1. The van der Waals surface area contributed by atoms with Crippen molar-refractivity contribution in [2.75, 3.05) is 19.1 Å². The van der Waals surface area contributed by atoms with Crippen LogP contribution >= 0.6 is 11.6 Å². The lowest BCUT2D eigenvalue weighted by molar-refractivity contribution is -0.114. The van der Waals surface area contributed by atoms with Crippen LogP contribution in [0, 0.1) is 11.3 Å². The van der Waals surface area contributed by atoms with Gasteiger partial charge in [-0.15, -0.1) is 0 Å². The first-order valence-electron chi connectivity index (χ1n) is 9.02. The number of benzene rings is 2. The van der Waals surface area contributed by atoms with Gasteiger partial charge in [-0.3, -0.25) is 4.79 Å². The Hall–Kier alpha value is -3.73. The number of anilines is 1. The topological polar surface area (TPSA) is 78.1 Å². The molecule has 0 aromatic heterocycles. The van der Waals surface area contributed by atoms with Gasteiger partial charge in [0.25, 0.3) is 11.7 Å². The van der Waals surface area contributed by atoms with Gasteiger partial charge in [0.15, 0.2) is 5.70 Å². The largest absolute Gasteiger partial charge is 0.495 e. The van der Waals surface area contributed by atoms with E-state index >= 15 is 0 Å². The first-order valence-corrected chi connectivity index (χ1v) is 9.40. The molecule has 2 aromatic carbocycles. The number of carbonyl (C=O) groups is 1. The number of likely N-dealkylation sites (N-methyl/N-ethyl adjacent to an activating group) is 1. The van der Waals surface area contributed by atoms with E-state index in [1.54, 1.807) is 69.2 Å². The molecule has 1 amide bonds. The van der Waals surface area contributed by atoms with Gasteiger partial charge in [0.05, 0.1) is 30.0 Å². The molecule has 2 aliphatic rings. The molecule has 0 N–H and O–H groups in total. The Morgan fingerprint density at radius 2 is 2.00 bits per heavy atom. The van der Waals surface area contributed by atoms with Crippen molar-refractivity contribution in [1.82, 2.24) is 4.48 Å². The third-order valence-electron chi connectivity index (χ3n) is 5.00. The second-order valence-corrected chi connectivity index (χ2v) is 7.08. The number of ether oxygens (including phenoxy) is 1. The quantitative estimate of drug-likeness (QED) is 0.704. The van der Waals surface area contributed by atoms with Crippen LogP contribution in [0.2, 0.25) is 5.02 Å². The van der Waals surface area contributed by atoms with Crippen LogP contribution in [0.4, 0.5) is 11.4 Å². The molecule has 0 aliphatic carbocycles. The highest BCUT2D eigenvalue weighted by Crippen LogP contribution is 2.37. The number of hydrogen-bond donors (Lipinski definition) is 0. The molecule has 2 aliphatic heterocycles. The fourth-order valence-corrected chi connectivity index (χ4v) is 3.57. The number of rotatable bonds is 4. The van der Waals surface area contributed by atoms with Crippen LogP contribution in [0.5, 0.6) is 5.75 Å². The summed E-state index contributed by atoms with van der Waals surface area (Å²) in [6.45, 7) is 0. The normalized spacial score (nSPS) is 18.9. The van der Waals surface area contributed by atoms with Gasteiger partial charge in [-0.2, -0.15) is 14.7 Å². The number of hydrogen-bond acceptors (Lipinski definition) is 5. The zero-order valence-corrected chi connectivity index (χ0v) is 17.0. The molecule has 2 aromatic rings. The third kappa shape index (κ3) is 3.18. The number of methoxy groups -OCH3 is 1. The van der Waals surface area contributed by atoms with E-state index in [0.717, 1.165) is 5.69 Å². The lowest BCUT2D eigenvalue weighted by atomic mass is 10.2. The minimum Gasteiger partial charge on any atom is -0.495 e. The van der Waals surface area contributed by atoms with E-state index in [9.17, 15) is 4.79 Å². The molecule has 2 heterocycles. The Bertz CT molecular complexity index is 1190. The van der Waals surface area contributed by atoms with Crippen molar-refractivity contribution in [2.24, 2.45) is 9.98 Å². The van der Waals surface area contributed by atoms with Gasteiger partial charge in [0.2, 0.25) is 0 Å². The van der Waals surface area contributed by atoms with Crippen molar-refractivity contribution in [1.29, 1.82) is 5.26 Å². The highest BCUT2D eigenvalue weighted by Gasteiger charge is 2.41. The average molecular weight is 419 g/mol. The van der Waals surface area contributed by atoms with E-state index in [0.29, 0.717) is 27.9 Å². The number of amidine groups is 1. The minimum atomic E-state index is -0.285. The zero-order chi connectivity index (χ0) is 21.3. The van der Waals surface area contributed by atoms with Gasteiger partial charge in [0, 0.05) is 24.9 Å². The Labute approximate surface area is 178 Å². The summed E-state index contributed by atoms with van der Waals surface area (Å²) in [6, 6.07) is 14.3. The summed E-state index contributed by atoms with van der Waals surface area (Å²) in [5.74, 6) is 0.924. The fourth-order valence-electron chi connectivity index (χ4n) is 3.32. The second kappa shape index (κ2) is 7.59. The monoisotopic (exact) mass is 418 g/mol. The van der Waals surface area contributed by atoms with Crippen molar-refractivity contribution in [3.8, 4) is 11.8 Å². The molecular formula is C22H17ClN5O2+. The number of halogens is 1. The molecule has 0 spiro atoms. The SMILES string of the molecule is COc1ccc([N+]23C=CN=C2C=NC(C(=O)N(C)c2ccc(C#N)cc2)=C3)cc1Cl. The zero-order valence-electron chi connectivity index (χ0n) is 16.3. The molecule has 8 heteroatoms. The molecular weight excluding hydrogens is 402 g/mol. The highest BCUT2D eigenvalue weighted by atomic mass is 35.5. The molecule has 4 rings (SSSR count). The number of aliphatic imine (C=N–C) groups is 2. The van der Waals surface area contributed by atoms with Crippen LogP contribution in [-0.4, -0.2) is 32.1 Å². The number of amides is 1. The smallest absolute Gasteiger partial charge is 0.282 e. The highest BCUT2D eigenvalue weighted by molar-refractivity contribution is 6.37. The minimum absolute atomic E-state index is 0.0928. The number of fused-ring (bicyclic) bond motifs is 1. The summed E-state index contributed by atoms with van der Waals surface area (Å²) in [5, 5.41) is 9.42. The van der Waals surface area contributed by atoms with Crippen molar-refractivity contribution in [2.45, 2.75) is 0 Å². The van der Waals surface area contributed by atoms with Gasteiger partial charge in [-0.25, -0.2) is 4.99 Å². The van der Waals surface area contributed by atoms with Gasteiger partial charge >= 0.3 is 0 Å². The summed E-state index contributed by atoms with van der Waals surface area (Å²) in [6.07, 6.45) is 6.85. The van der Waals surface area contributed by atoms with Gasteiger partial charge in [-0.05, 0) is 30.3 Å². The molecule has 7 nitrogen and oxygen atoms in total. The van der Waals surface area contributed by atoms with Gasteiger partial charge < -0.3 is 9.64 Å². The van der Waals surface area contributed by atoms with E-state index in [1.165, 1.54) is 4.90 Å². The van der Waals surface area contributed by atoms with Crippen molar-refractivity contribution in [3.63, 3.8) is 0 Å². The summed E-state index contributed by atoms with van der Waals surface area (Å²) >= 11 is 6.34. The summed E-state index contributed by atoms with van der Waals surface area (Å²) in [7, 11) is 3.22. The van der Waals surface area contributed by atoms with Crippen LogP contribution in [0.15, 0.2) is 76.7 Å². The van der Waals surface area contributed by atoms with Crippen LogP contribution in [0.25, 0.3) is 0 Å². The lowest BCUT2D eigenvalue weighted by Crippen LogP contribution is -2.46. The third-order valence-corrected chi connectivity index (χ3v) is 5.30. The van der Waals surface area contributed by atoms with E-state index < -0.39 is 0 Å². The van der Waals surface area contributed by atoms with Gasteiger partial charge in [-0.1, -0.05) is 11.6 Å². The summed E-state index contributed by atoms with van der Waals surface area (Å²) in [5.41, 5.74) is 2.24.